The first-order chi connectivity index (χ1) is 5.04. The van der Waals surface area contributed by atoms with Gasteiger partial charge in [-0.25, -0.2) is 0 Å². The predicted octanol–water partition coefficient (Wildman–Crippen LogP) is 1.03. The van der Waals surface area contributed by atoms with Crippen LogP contribution in [0.15, 0.2) is 0 Å². The Kier molecular flexibility index (Phi) is 4.94. The molecule has 0 spiro atoms. The Morgan fingerprint density at radius 3 is 2.45 bits per heavy atom. The second-order valence-electron chi connectivity index (χ2n) is 2.42. The van der Waals surface area contributed by atoms with Crippen LogP contribution in [0.2, 0.25) is 0 Å². The molecule has 0 rings (SSSR count). The van der Waals surface area contributed by atoms with Gasteiger partial charge in [0.1, 0.15) is 5.78 Å². The van der Waals surface area contributed by atoms with Crippen molar-refractivity contribution >= 4 is 23.5 Å². The zero-order chi connectivity index (χ0) is 8.85. The highest BCUT2D eigenvalue weighted by atomic mass is 32.2. The molecule has 0 aliphatic heterocycles. The van der Waals surface area contributed by atoms with Crippen molar-refractivity contribution in [2.45, 2.75) is 13.8 Å². The highest BCUT2D eigenvalue weighted by Gasteiger charge is 2.07. The third-order valence-electron chi connectivity index (χ3n) is 1.29. The Labute approximate surface area is 70.2 Å². The van der Waals surface area contributed by atoms with Gasteiger partial charge in [0.15, 0.2) is 0 Å². The molecule has 1 atom stereocenters. The van der Waals surface area contributed by atoms with E-state index in [1.54, 1.807) is 6.92 Å². The van der Waals surface area contributed by atoms with Gasteiger partial charge >= 0.3 is 5.97 Å². The average molecular weight is 176 g/mol. The van der Waals surface area contributed by atoms with Gasteiger partial charge < -0.3 is 5.11 Å². The lowest BCUT2D eigenvalue weighted by molar-refractivity contribution is -0.134. The summed E-state index contributed by atoms with van der Waals surface area (Å²) in [6, 6.07) is 0. The predicted molar refractivity (Wildman–Crippen MR) is 44.8 cm³/mol. The van der Waals surface area contributed by atoms with E-state index in [0.29, 0.717) is 5.75 Å². The summed E-state index contributed by atoms with van der Waals surface area (Å²) in [7, 11) is 0. The number of hydrogen-bond acceptors (Lipinski definition) is 3. The fourth-order valence-electron chi connectivity index (χ4n) is 0.440. The van der Waals surface area contributed by atoms with Crippen LogP contribution in [0.1, 0.15) is 13.8 Å². The number of carbonyl (C=O) groups excluding carboxylic acids is 1. The van der Waals surface area contributed by atoms with Crippen molar-refractivity contribution in [2.24, 2.45) is 5.92 Å². The molecule has 0 radical (unpaired) electrons. The Balaban J connectivity index is 3.39. The monoisotopic (exact) mass is 176 g/mol. The van der Waals surface area contributed by atoms with Crippen LogP contribution in [0, 0.1) is 5.92 Å². The van der Waals surface area contributed by atoms with E-state index in [-0.39, 0.29) is 17.5 Å². The molecule has 4 heteroatoms. The van der Waals surface area contributed by atoms with Gasteiger partial charge in [0, 0.05) is 11.7 Å². The van der Waals surface area contributed by atoms with Crippen LogP contribution in [0.4, 0.5) is 0 Å². The maximum Gasteiger partial charge on any atom is 0.313 e. The van der Waals surface area contributed by atoms with Crippen molar-refractivity contribution in [3.63, 3.8) is 0 Å². The first-order valence-electron chi connectivity index (χ1n) is 3.34. The molecular weight excluding hydrogens is 164 g/mol. The molecule has 0 unspecified atom stereocenters. The zero-order valence-corrected chi connectivity index (χ0v) is 7.48. The smallest absolute Gasteiger partial charge is 0.313 e. The van der Waals surface area contributed by atoms with Gasteiger partial charge in [-0.2, -0.15) is 0 Å². The zero-order valence-electron chi connectivity index (χ0n) is 6.66. The van der Waals surface area contributed by atoms with E-state index < -0.39 is 5.97 Å². The number of thioether (sulfide) groups is 1. The summed E-state index contributed by atoms with van der Waals surface area (Å²) in [5.41, 5.74) is 0. The van der Waals surface area contributed by atoms with E-state index in [1.807, 2.05) is 0 Å². The summed E-state index contributed by atoms with van der Waals surface area (Å²) >= 11 is 1.28. The van der Waals surface area contributed by atoms with E-state index in [2.05, 4.69) is 0 Å². The molecule has 11 heavy (non-hydrogen) atoms. The second kappa shape index (κ2) is 5.18. The van der Waals surface area contributed by atoms with Crippen LogP contribution in [0.5, 0.6) is 0 Å². The van der Waals surface area contributed by atoms with Crippen molar-refractivity contribution in [2.75, 3.05) is 11.5 Å². The highest BCUT2D eigenvalue weighted by Crippen LogP contribution is 2.08. The minimum absolute atomic E-state index is 0.0284. The summed E-state index contributed by atoms with van der Waals surface area (Å²) in [6.45, 7) is 3.32. The molecule has 0 aliphatic carbocycles. The molecule has 0 saturated heterocycles. The number of aliphatic carboxylic acids is 1. The van der Waals surface area contributed by atoms with Crippen molar-refractivity contribution in [1.82, 2.24) is 0 Å². The quantitative estimate of drug-likeness (QED) is 0.679. The van der Waals surface area contributed by atoms with Crippen LogP contribution in [-0.2, 0) is 9.59 Å². The summed E-state index contributed by atoms with van der Waals surface area (Å²) in [6.07, 6.45) is 0. The van der Waals surface area contributed by atoms with Crippen molar-refractivity contribution < 1.29 is 14.7 Å². The van der Waals surface area contributed by atoms with E-state index in [9.17, 15) is 9.59 Å². The van der Waals surface area contributed by atoms with Gasteiger partial charge in [-0.15, -0.1) is 11.8 Å². The molecule has 0 bridgehead atoms. The SMILES string of the molecule is CC(=O)[C@@H](C)CSCC(=O)O. The molecule has 0 aromatic rings. The Morgan fingerprint density at radius 1 is 1.55 bits per heavy atom. The molecule has 64 valence electrons. The lowest BCUT2D eigenvalue weighted by atomic mass is 10.1. The first-order valence-corrected chi connectivity index (χ1v) is 4.49. The van der Waals surface area contributed by atoms with E-state index in [1.165, 1.54) is 18.7 Å². The molecule has 0 fully saturated rings. The summed E-state index contributed by atoms with van der Waals surface area (Å²) < 4.78 is 0. The van der Waals surface area contributed by atoms with Gasteiger partial charge in [-0.1, -0.05) is 6.92 Å². The molecule has 1 N–H and O–H groups in total. The number of ketones is 1. The molecule has 0 amide bonds. The average Bonchev–Trinajstić information content (AvgIpc) is 1.86. The largest absolute Gasteiger partial charge is 0.481 e. The molecule has 0 saturated carbocycles. The molecule has 0 aromatic heterocycles. The van der Waals surface area contributed by atoms with Gasteiger partial charge in [-0.05, 0) is 6.92 Å². The molecule has 3 nitrogen and oxygen atoms in total. The highest BCUT2D eigenvalue weighted by molar-refractivity contribution is 7.99. The number of carboxylic acids is 1. The van der Waals surface area contributed by atoms with Crippen molar-refractivity contribution in [1.29, 1.82) is 0 Å². The minimum atomic E-state index is -0.828. The van der Waals surface area contributed by atoms with E-state index in [0.717, 1.165) is 0 Å². The van der Waals surface area contributed by atoms with E-state index in [4.69, 9.17) is 5.11 Å². The fourth-order valence-corrected chi connectivity index (χ4v) is 1.32. The maximum atomic E-state index is 10.7. The lowest BCUT2D eigenvalue weighted by Gasteiger charge is -2.04. The van der Waals surface area contributed by atoms with Gasteiger partial charge in [0.2, 0.25) is 0 Å². The van der Waals surface area contributed by atoms with Crippen molar-refractivity contribution in [3.05, 3.63) is 0 Å². The fraction of sp³-hybridized carbons (Fsp3) is 0.714. The summed E-state index contributed by atoms with van der Waals surface area (Å²) in [5, 5.41) is 8.26. The third kappa shape index (κ3) is 5.91. The van der Waals surface area contributed by atoms with Crippen LogP contribution in [0.3, 0.4) is 0 Å². The molecule has 0 heterocycles. The van der Waals surface area contributed by atoms with Crippen LogP contribution >= 0.6 is 11.8 Å². The number of carbonyl (C=O) groups is 2. The standard InChI is InChI=1S/C7H12O3S/c1-5(6(2)8)3-11-4-7(9)10/h5H,3-4H2,1-2H3,(H,9,10)/t5-/m0/s1. The Hall–Kier alpha value is -0.510. The van der Waals surface area contributed by atoms with Gasteiger partial charge in [-0.3, -0.25) is 9.59 Å². The molecule has 0 aromatic carbocycles. The summed E-state index contributed by atoms with van der Waals surface area (Å²) in [5.74, 6) is -0.0628. The lowest BCUT2D eigenvalue weighted by Crippen LogP contribution is -2.10. The maximum absolute atomic E-state index is 10.7. The topological polar surface area (TPSA) is 54.4 Å². The van der Waals surface area contributed by atoms with E-state index >= 15 is 0 Å². The molecule has 0 aliphatic rings. The normalized spacial score (nSPS) is 12.5. The van der Waals surface area contributed by atoms with Gasteiger partial charge in [0.25, 0.3) is 0 Å². The Morgan fingerprint density at radius 2 is 2.09 bits per heavy atom. The first kappa shape index (κ1) is 10.5. The van der Waals surface area contributed by atoms with Crippen molar-refractivity contribution in [3.8, 4) is 0 Å². The Bertz CT molecular complexity index is 156. The van der Waals surface area contributed by atoms with Crippen LogP contribution < -0.4 is 0 Å². The van der Waals surface area contributed by atoms with Gasteiger partial charge in [0.05, 0.1) is 5.75 Å². The number of carboxylic acid groups (broad SMARTS) is 1. The molecular formula is C7H12O3S. The van der Waals surface area contributed by atoms with Crippen LogP contribution in [0.25, 0.3) is 0 Å². The van der Waals surface area contributed by atoms with Crippen LogP contribution in [-0.4, -0.2) is 28.4 Å². The minimum Gasteiger partial charge on any atom is -0.481 e. The number of hydrogen-bond donors (Lipinski definition) is 1. The number of Topliss-reactive ketones (excluding diaryl/α,β-unsaturated/α-hetero) is 1. The summed E-state index contributed by atoms with van der Waals surface area (Å²) in [4.78, 5) is 20.7. The third-order valence-corrected chi connectivity index (χ3v) is 2.47. The second-order valence-corrected chi connectivity index (χ2v) is 3.45. The number of rotatable bonds is 5.